The number of benzene rings is 1. The normalized spacial score (nSPS) is 23.2. The van der Waals surface area contributed by atoms with Crippen molar-refractivity contribution in [3.8, 4) is 0 Å². The second-order valence-electron chi connectivity index (χ2n) is 9.99. The van der Waals surface area contributed by atoms with E-state index in [2.05, 4.69) is 25.7 Å². The van der Waals surface area contributed by atoms with Crippen molar-refractivity contribution in [2.75, 3.05) is 6.54 Å². The van der Waals surface area contributed by atoms with Crippen molar-refractivity contribution in [3.05, 3.63) is 64.0 Å². The Morgan fingerprint density at radius 1 is 1.06 bits per heavy atom. The Bertz CT molecular complexity index is 1530. The number of carbonyl (C=O) groups excluding carboxylic acids is 2. The number of oxazole rings is 1. The molecule has 7 rings (SSSR count). The van der Waals surface area contributed by atoms with E-state index >= 15 is 0 Å². The van der Waals surface area contributed by atoms with Gasteiger partial charge in [0.1, 0.15) is 17.1 Å². The van der Waals surface area contributed by atoms with Crippen molar-refractivity contribution in [1.29, 1.82) is 0 Å². The number of rotatable bonds is 6. The van der Waals surface area contributed by atoms with E-state index < -0.39 is 17.3 Å². The van der Waals surface area contributed by atoms with Crippen LogP contribution in [-0.4, -0.2) is 43.6 Å². The molecule has 11 heteroatoms. The van der Waals surface area contributed by atoms with E-state index in [9.17, 15) is 18.8 Å². The first-order valence-electron chi connectivity index (χ1n) is 12.0. The molecule has 1 aromatic carbocycles. The molecule has 0 spiro atoms. The second-order valence-corrected chi connectivity index (χ2v) is 9.99. The minimum atomic E-state index is -1.03. The summed E-state index contributed by atoms with van der Waals surface area (Å²) in [5, 5.41) is 9.99. The first kappa shape index (κ1) is 22.4. The van der Waals surface area contributed by atoms with Crippen LogP contribution in [0.5, 0.6) is 0 Å². The summed E-state index contributed by atoms with van der Waals surface area (Å²) >= 11 is 0. The van der Waals surface area contributed by atoms with E-state index in [4.69, 9.17) is 4.42 Å². The predicted molar refractivity (Wildman–Crippen MR) is 127 cm³/mol. The SMILES string of the molecule is O=C(NCc1ccc2oc(=O)[nH]c2c1)c1cc(C(=O)NCC23CCC(F)(CC2)CC3)n2nccc2n1. The summed E-state index contributed by atoms with van der Waals surface area (Å²) in [7, 11) is 0. The summed E-state index contributed by atoms with van der Waals surface area (Å²) in [5.41, 5.74) is 1.30. The third-order valence-electron chi connectivity index (χ3n) is 7.70. The molecule has 0 aliphatic heterocycles. The number of fused-ring (bicyclic) bond motifs is 5. The number of amides is 2. The Balaban J connectivity index is 1.17. The lowest BCUT2D eigenvalue weighted by atomic mass is 9.59. The van der Waals surface area contributed by atoms with E-state index in [0.29, 0.717) is 42.6 Å². The summed E-state index contributed by atoms with van der Waals surface area (Å²) in [5.74, 6) is -1.35. The number of aromatic amines is 1. The number of nitrogens with one attached hydrogen (secondary N) is 3. The average molecular weight is 493 g/mol. The van der Waals surface area contributed by atoms with Crippen molar-refractivity contribution in [2.45, 2.75) is 50.7 Å². The summed E-state index contributed by atoms with van der Waals surface area (Å²) in [6, 6.07) is 8.16. The molecule has 4 aromatic rings. The smallest absolute Gasteiger partial charge is 0.408 e. The van der Waals surface area contributed by atoms with Crippen molar-refractivity contribution < 1.29 is 18.4 Å². The zero-order valence-corrected chi connectivity index (χ0v) is 19.5. The van der Waals surface area contributed by atoms with Gasteiger partial charge in [-0.3, -0.25) is 14.6 Å². The Morgan fingerprint density at radius 2 is 1.83 bits per heavy atom. The highest BCUT2D eigenvalue weighted by atomic mass is 19.1. The lowest BCUT2D eigenvalue weighted by Gasteiger charge is -2.49. The van der Waals surface area contributed by atoms with Crippen molar-refractivity contribution in [3.63, 3.8) is 0 Å². The van der Waals surface area contributed by atoms with E-state index in [1.807, 2.05) is 0 Å². The zero-order chi connectivity index (χ0) is 24.9. The van der Waals surface area contributed by atoms with Crippen LogP contribution in [0.3, 0.4) is 0 Å². The number of alkyl halides is 1. The van der Waals surface area contributed by atoms with Crippen LogP contribution >= 0.6 is 0 Å². The van der Waals surface area contributed by atoms with Crippen LogP contribution < -0.4 is 16.4 Å². The van der Waals surface area contributed by atoms with E-state index in [1.54, 1.807) is 24.3 Å². The molecule has 186 valence electrons. The van der Waals surface area contributed by atoms with Crippen LogP contribution in [0.1, 0.15) is 65.1 Å². The van der Waals surface area contributed by atoms with Crippen LogP contribution in [0.2, 0.25) is 0 Å². The predicted octanol–water partition coefficient (Wildman–Crippen LogP) is 2.89. The highest BCUT2D eigenvalue weighted by molar-refractivity contribution is 5.98. The number of halogens is 1. The van der Waals surface area contributed by atoms with E-state index in [1.165, 1.54) is 16.8 Å². The van der Waals surface area contributed by atoms with Gasteiger partial charge >= 0.3 is 5.76 Å². The van der Waals surface area contributed by atoms with Crippen LogP contribution in [0.25, 0.3) is 16.7 Å². The molecule has 3 aromatic heterocycles. The number of hydrogen-bond donors (Lipinski definition) is 3. The molecule has 2 amide bonds. The van der Waals surface area contributed by atoms with Crippen molar-refractivity contribution >= 4 is 28.6 Å². The molecule has 0 unspecified atom stereocenters. The van der Waals surface area contributed by atoms with Gasteiger partial charge in [0.15, 0.2) is 11.2 Å². The monoisotopic (exact) mass is 492 g/mol. The van der Waals surface area contributed by atoms with Crippen LogP contribution in [0.4, 0.5) is 4.39 Å². The average Bonchev–Trinajstić information content (AvgIpc) is 3.51. The first-order chi connectivity index (χ1) is 17.3. The van der Waals surface area contributed by atoms with Crippen molar-refractivity contribution in [2.24, 2.45) is 5.41 Å². The molecule has 10 nitrogen and oxygen atoms in total. The van der Waals surface area contributed by atoms with Gasteiger partial charge in [-0.1, -0.05) is 6.07 Å². The molecule has 0 atom stereocenters. The molecule has 3 fully saturated rings. The van der Waals surface area contributed by atoms with Crippen molar-refractivity contribution in [1.82, 2.24) is 30.2 Å². The minimum absolute atomic E-state index is 0.0691. The molecule has 3 N–H and O–H groups in total. The summed E-state index contributed by atoms with van der Waals surface area (Å²) in [4.78, 5) is 44.4. The highest BCUT2D eigenvalue weighted by Gasteiger charge is 2.48. The standard InChI is InChI=1S/C25H25FN6O4/c26-25-7-4-24(5-8-25,6-9-25)14-28-22(34)18-12-17(30-20-3-10-29-32(18)20)21(33)27-13-15-1-2-19-16(11-15)31-23(35)36-19/h1-3,10-12H,4-9,13-14H2,(H,27,33)(H,28,34)(H,31,35). The molecule has 3 heterocycles. The Morgan fingerprint density at radius 3 is 2.61 bits per heavy atom. The molecule has 36 heavy (non-hydrogen) atoms. The number of nitrogens with zero attached hydrogens (tertiary/aromatic N) is 3. The maximum atomic E-state index is 14.5. The van der Waals surface area contributed by atoms with Gasteiger partial charge in [0.25, 0.3) is 11.8 Å². The first-order valence-corrected chi connectivity index (χ1v) is 12.0. The number of aromatic nitrogens is 4. The number of carbonyl (C=O) groups is 2. The molecule has 3 aliphatic carbocycles. The topological polar surface area (TPSA) is 134 Å². The summed E-state index contributed by atoms with van der Waals surface area (Å²) in [6.07, 6.45) is 5.47. The summed E-state index contributed by atoms with van der Waals surface area (Å²) in [6.45, 7) is 0.654. The Hall–Kier alpha value is -4.02. The van der Waals surface area contributed by atoms with E-state index in [0.717, 1.165) is 24.8 Å². The third kappa shape index (κ3) is 4.04. The van der Waals surface area contributed by atoms with Gasteiger partial charge in [-0.25, -0.2) is 18.7 Å². The quantitative estimate of drug-likeness (QED) is 0.379. The molecule has 2 bridgehead atoms. The lowest BCUT2D eigenvalue weighted by Crippen LogP contribution is -2.48. The second kappa shape index (κ2) is 8.28. The van der Waals surface area contributed by atoms with Gasteiger partial charge in [-0.05, 0) is 61.6 Å². The Labute approximate surface area is 204 Å². The fraction of sp³-hybridized carbons (Fsp3) is 0.400. The fourth-order valence-electron chi connectivity index (χ4n) is 5.41. The van der Waals surface area contributed by atoms with E-state index in [-0.39, 0.29) is 29.3 Å². The summed E-state index contributed by atoms with van der Waals surface area (Å²) < 4.78 is 20.9. The largest absolute Gasteiger partial charge is 0.417 e. The van der Waals surface area contributed by atoms with Crippen LogP contribution in [-0.2, 0) is 6.54 Å². The van der Waals surface area contributed by atoms with Gasteiger partial charge in [-0.15, -0.1) is 0 Å². The van der Waals surface area contributed by atoms with Gasteiger partial charge in [0.05, 0.1) is 11.7 Å². The van der Waals surface area contributed by atoms with Crippen LogP contribution in [0.15, 0.2) is 45.7 Å². The fourth-order valence-corrected chi connectivity index (χ4v) is 5.41. The molecule has 3 saturated carbocycles. The maximum absolute atomic E-state index is 14.5. The molecular weight excluding hydrogens is 467 g/mol. The molecule has 0 saturated heterocycles. The lowest BCUT2D eigenvalue weighted by molar-refractivity contribution is -0.0327. The zero-order valence-electron chi connectivity index (χ0n) is 19.5. The van der Waals surface area contributed by atoms with Gasteiger partial charge in [0, 0.05) is 25.2 Å². The van der Waals surface area contributed by atoms with Gasteiger partial charge < -0.3 is 15.1 Å². The molecular formula is C25H25FN6O4. The van der Waals surface area contributed by atoms with Gasteiger partial charge in [0.2, 0.25) is 0 Å². The molecule has 3 aliphatic rings. The minimum Gasteiger partial charge on any atom is -0.408 e. The number of H-pyrrole nitrogens is 1. The molecule has 0 radical (unpaired) electrons. The third-order valence-corrected chi connectivity index (χ3v) is 7.70. The van der Waals surface area contributed by atoms with Crippen LogP contribution in [0, 0.1) is 5.41 Å². The van der Waals surface area contributed by atoms with Gasteiger partial charge in [-0.2, -0.15) is 5.10 Å². The number of hydrogen-bond acceptors (Lipinski definition) is 6. The Kier molecular flexibility index (Phi) is 5.16. The highest BCUT2D eigenvalue weighted by Crippen LogP contribution is 2.53. The maximum Gasteiger partial charge on any atom is 0.417 e.